The predicted molar refractivity (Wildman–Crippen MR) is 114 cm³/mol. The summed E-state index contributed by atoms with van der Waals surface area (Å²) in [6, 6.07) is 4.39. The molecular weight excluding hydrogens is 405 g/mol. The van der Waals surface area contributed by atoms with E-state index in [4.69, 9.17) is 10.1 Å². The number of hydrogen-bond acceptors (Lipinski definition) is 6. The maximum absolute atomic E-state index is 14.8. The SMILES string of the molecule is CC(=O)NCC1CN(c2ccc(N(C=N)CCNCc3nccn3C)c(F)c2)C(=O)O1. The van der Waals surface area contributed by atoms with Gasteiger partial charge in [0, 0.05) is 39.5 Å². The number of hydrogen-bond donors (Lipinski definition) is 3. The van der Waals surface area contributed by atoms with E-state index in [9.17, 15) is 14.0 Å². The standard InChI is InChI=1S/C20H26FN7O3/c1-14(29)25-10-16-12-28(20(30)31-16)15-3-4-18(17(21)9-15)27(13-22)8-5-23-11-19-24-6-7-26(19)2/h3-4,6-7,9,13,16,22-23H,5,8,10-12H2,1-2H3,(H,25,29). The number of carbonyl (C=O) groups is 2. The molecule has 31 heavy (non-hydrogen) atoms. The molecule has 1 fully saturated rings. The smallest absolute Gasteiger partial charge is 0.414 e. The van der Waals surface area contributed by atoms with Crippen molar-refractivity contribution in [2.24, 2.45) is 7.05 Å². The average molecular weight is 431 g/mol. The molecule has 3 rings (SSSR count). The molecule has 1 atom stereocenters. The van der Waals surface area contributed by atoms with Gasteiger partial charge in [-0.1, -0.05) is 0 Å². The van der Waals surface area contributed by atoms with Crippen molar-refractivity contribution in [2.75, 3.05) is 36.0 Å². The van der Waals surface area contributed by atoms with Crippen molar-refractivity contribution in [1.82, 2.24) is 20.2 Å². The Labute approximate surface area is 179 Å². The summed E-state index contributed by atoms with van der Waals surface area (Å²) in [6.45, 7) is 3.26. The predicted octanol–water partition coefficient (Wildman–Crippen LogP) is 1.22. The van der Waals surface area contributed by atoms with Crippen molar-refractivity contribution in [3.8, 4) is 0 Å². The number of aromatic nitrogens is 2. The van der Waals surface area contributed by atoms with Crippen LogP contribution in [0.2, 0.25) is 0 Å². The molecule has 11 heteroatoms. The molecular formula is C20H26FN7O3. The van der Waals surface area contributed by atoms with Crippen LogP contribution in [0.1, 0.15) is 12.7 Å². The molecule has 10 nitrogen and oxygen atoms in total. The summed E-state index contributed by atoms with van der Waals surface area (Å²) >= 11 is 0. The van der Waals surface area contributed by atoms with Gasteiger partial charge in [-0.15, -0.1) is 0 Å². The molecule has 1 aromatic heterocycles. The highest BCUT2D eigenvalue weighted by Gasteiger charge is 2.32. The molecule has 1 unspecified atom stereocenters. The lowest BCUT2D eigenvalue weighted by molar-refractivity contribution is -0.119. The quantitative estimate of drug-likeness (QED) is 0.296. The highest BCUT2D eigenvalue weighted by atomic mass is 19.1. The fourth-order valence-electron chi connectivity index (χ4n) is 3.21. The number of cyclic esters (lactones) is 1. The van der Waals surface area contributed by atoms with Crippen LogP contribution in [0.5, 0.6) is 0 Å². The normalized spacial score (nSPS) is 15.6. The third-order valence-corrected chi connectivity index (χ3v) is 4.89. The van der Waals surface area contributed by atoms with Crippen molar-refractivity contribution in [2.45, 2.75) is 19.6 Å². The molecule has 0 spiro atoms. The van der Waals surface area contributed by atoms with Crippen molar-refractivity contribution in [1.29, 1.82) is 5.41 Å². The molecule has 2 amide bonds. The summed E-state index contributed by atoms with van der Waals surface area (Å²) in [5.74, 6) is 0.112. The molecule has 1 saturated heterocycles. The molecule has 0 bridgehead atoms. The summed E-state index contributed by atoms with van der Waals surface area (Å²) in [5.41, 5.74) is 0.592. The number of nitrogens with one attached hydrogen (secondary N) is 3. The first-order chi connectivity index (χ1) is 14.9. The maximum Gasteiger partial charge on any atom is 0.414 e. The van der Waals surface area contributed by atoms with Crippen LogP contribution in [-0.4, -0.2) is 60.2 Å². The first-order valence-electron chi connectivity index (χ1n) is 9.85. The van der Waals surface area contributed by atoms with Gasteiger partial charge >= 0.3 is 6.09 Å². The number of aryl methyl sites for hydroxylation is 1. The summed E-state index contributed by atoms with van der Waals surface area (Å²) in [5, 5.41) is 13.5. The summed E-state index contributed by atoms with van der Waals surface area (Å²) in [6.07, 6.45) is 3.55. The van der Waals surface area contributed by atoms with E-state index in [1.54, 1.807) is 12.3 Å². The Hall–Kier alpha value is -3.47. The van der Waals surface area contributed by atoms with Gasteiger partial charge in [-0.3, -0.25) is 15.1 Å². The van der Waals surface area contributed by atoms with Gasteiger partial charge in [0.2, 0.25) is 5.91 Å². The van der Waals surface area contributed by atoms with Gasteiger partial charge in [0.1, 0.15) is 17.7 Å². The summed E-state index contributed by atoms with van der Waals surface area (Å²) < 4.78 is 21.9. The molecule has 1 aliphatic rings. The second-order valence-electron chi connectivity index (χ2n) is 7.14. The van der Waals surface area contributed by atoms with Crippen molar-refractivity contribution < 1.29 is 18.7 Å². The molecule has 1 aromatic carbocycles. The Balaban J connectivity index is 1.58. The molecule has 0 saturated carbocycles. The molecule has 3 N–H and O–H groups in total. The van der Waals surface area contributed by atoms with Crippen molar-refractivity contribution >= 4 is 29.7 Å². The fraction of sp³-hybridized carbons (Fsp3) is 0.400. The minimum Gasteiger partial charge on any atom is -0.442 e. The zero-order chi connectivity index (χ0) is 22.4. The van der Waals surface area contributed by atoms with Gasteiger partial charge in [0.15, 0.2) is 0 Å². The number of rotatable bonds is 10. The molecule has 0 aliphatic carbocycles. The van der Waals surface area contributed by atoms with E-state index in [2.05, 4.69) is 15.6 Å². The Morgan fingerprint density at radius 2 is 2.29 bits per heavy atom. The van der Waals surface area contributed by atoms with E-state index in [0.29, 0.717) is 25.3 Å². The Bertz CT molecular complexity index is 949. The lowest BCUT2D eigenvalue weighted by atomic mass is 10.2. The topological polar surface area (TPSA) is 116 Å². The van der Waals surface area contributed by atoms with E-state index in [0.717, 1.165) is 12.2 Å². The van der Waals surface area contributed by atoms with Crippen LogP contribution in [0.25, 0.3) is 0 Å². The van der Waals surface area contributed by atoms with Crippen LogP contribution in [0.4, 0.5) is 20.6 Å². The number of amides is 2. The molecule has 166 valence electrons. The second kappa shape index (κ2) is 10.0. The largest absolute Gasteiger partial charge is 0.442 e. The lowest BCUT2D eigenvalue weighted by Crippen LogP contribution is -2.33. The van der Waals surface area contributed by atoms with Gasteiger partial charge < -0.3 is 24.8 Å². The average Bonchev–Trinajstić information content (AvgIpc) is 3.32. The highest BCUT2D eigenvalue weighted by Crippen LogP contribution is 2.27. The molecule has 2 aromatic rings. The minimum atomic E-state index is -0.593. The third-order valence-electron chi connectivity index (χ3n) is 4.89. The Morgan fingerprint density at radius 3 is 2.94 bits per heavy atom. The van der Waals surface area contributed by atoms with Gasteiger partial charge in [-0.2, -0.15) is 0 Å². The third kappa shape index (κ3) is 5.57. The van der Waals surface area contributed by atoms with Crippen molar-refractivity contribution in [3.05, 3.63) is 42.2 Å². The first-order valence-corrected chi connectivity index (χ1v) is 9.85. The van der Waals surface area contributed by atoms with Crippen LogP contribution >= 0.6 is 0 Å². The van der Waals surface area contributed by atoms with E-state index < -0.39 is 18.0 Å². The summed E-state index contributed by atoms with van der Waals surface area (Å²) in [7, 11) is 1.91. The number of benzene rings is 1. The van der Waals surface area contributed by atoms with E-state index in [1.807, 2.05) is 17.8 Å². The fourth-order valence-corrected chi connectivity index (χ4v) is 3.21. The highest BCUT2D eigenvalue weighted by molar-refractivity contribution is 5.90. The van der Waals surface area contributed by atoms with Crippen LogP contribution in [-0.2, 0) is 23.1 Å². The summed E-state index contributed by atoms with van der Waals surface area (Å²) in [4.78, 5) is 30.2. The first kappa shape index (κ1) is 22.2. The van der Waals surface area contributed by atoms with Crippen LogP contribution in [0, 0.1) is 11.2 Å². The molecule has 1 aliphatic heterocycles. The second-order valence-corrected chi connectivity index (χ2v) is 7.14. The van der Waals surface area contributed by atoms with Crippen LogP contribution < -0.4 is 20.4 Å². The van der Waals surface area contributed by atoms with Crippen molar-refractivity contribution in [3.63, 3.8) is 0 Å². The van der Waals surface area contributed by atoms with E-state index in [1.165, 1.54) is 28.9 Å². The number of imidazole rings is 1. The van der Waals surface area contributed by atoms with Gasteiger partial charge in [-0.05, 0) is 18.2 Å². The number of carbonyl (C=O) groups excluding carboxylic acids is 2. The number of anilines is 2. The zero-order valence-corrected chi connectivity index (χ0v) is 17.5. The lowest BCUT2D eigenvalue weighted by Gasteiger charge is -2.21. The Morgan fingerprint density at radius 1 is 1.48 bits per heavy atom. The monoisotopic (exact) mass is 431 g/mol. The maximum atomic E-state index is 14.8. The molecule has 0 radical (unpaired) electrons. The number of ether oxygens (including phenoxy) is 1. The van der Waals surface area contributed by atoms with Crippen LogP contribution in [0.3, 0.4) is 0 Å². The number of nitrogens with zero attached hydrogens (tertiary/aromatic N) is 4. The number of halogens is 1. The van der Waals surface area contributed by atoms with Gasteiger partial charge in [0.05, 0.1) is 37.3 Å². The van der Waals surface area contributed by atoms with Gasteiger partial charge in [-0.25, -0.2) is 14.2 Å². The zero-order valence-electron chi connectivity index (χ0n) is 17.5. The van der Waals surface area contributed by atoms with Gasteiger partial charge in [0.25, 0.3) is 0 Å². The van der Waals surface area contributed by atoms with E-state index in [-0.39, 0.29) is 24.7 Å². The minimum absolute atomic E-state index is 0.199. The Kier molecular flexibility index (Phi) is 7.19. The molecule has 2 heterocycles. The van der Waals surface area contributed by atoms with Crippen LogP contribution in [0.15, 0.2) is 30.6 Å². The van der Waals surface area contributed by atoms with E-state index >= 15 is 0 Å².